The SMILES string of the molecule is CCC1=C(P(=O)(O)O)S(=S)C=C1. The van der Waals surface area contributed by atoms with Crippen LogP contribution in [0.3, 0.4) is 0 Å². The van der Waals surface area contributed by atoms with Gasteiger partial charge in [0.15, 0.2) is 0 Å². The van der Waals surface area contributed by atoms with Gasteiger partial charge in [-0.3, -0.25) is 4.57 Å². The van der Waals surface area contributed by atoms with Gasteiger partial charge in [0.2, 0.25) is 0 Å². The van der Waals surface area contributed by atoms with Crippen LogP contribution in [0.4, 0.5) is 0 Å². The van der Waals surface area contributed by atoms with Crippen LogP contribution in [0.5, 0.6) is 0 Å². The molecule has 2 N–H and O–H groups in total. The maximum atomic E-state index is 11.0. The molecule has 0 aliphatic carbocycles. The van der Waals surface area contributed by atoms with Gasteiger partial charge in [0.1, 0.15) is 4.65 Å². The molecular weight excluding hydrogens is 215 g/mol. The molecule has 0 bridgehead atoms. The van der Waals surface area contributed by atoms with Gasteiger partial charge in [-0.05, 0) is 28.6 Å². The maximum absolute atomic E-state index is 11.0. The second kappa shape index (κ2) is 3.52. The summed E-state index contributed by atoms with van der Waals surface area (Å²) in [5, 5.41) is 1.67. The molecule has 1 heterocycles. The van der Waals surface area contributed by atoms with Crippen LogP contribution in [-0.4, -0.2) is 9.79 Å². The van der Waals surface area contributed by atoms with Gasteiger partial charge in [0, 0.05) is 0 Å². The number of rotatable bonds is 2. The Hall–Kier alpha value is 0.200. The second-order valence-corrected chi connectivity index (χ2v) is 6.52. The highest BCUT2D eigenvalue weighted by atomic mass is 32.8. The molecule has 1 aliphatic rings. The topological polar surface area (TPSA) is 57.5 Å². The van der Waals surface area contributed by atoms with Crippen LogP contribution in [-0.2, 0) is 25.2 Å². The maximum Gasteiger partial charge on any atom is 0.363 e. The van der Waals surface area contributed by atoms with Gasteiger partial charge in [0.05, 0.1) is 0 Å². The molecule has 0 saturated heterocycles. The Morgan fingerprint density at radius 1 is 1.67 bits per heavy atom. The van der Waals surface area contributed by atoms with E-state index < -0.39 is 17.1 Å². The van der Waals surface area contributed by atoms with Crippen molar-refractivity contribution in [2.75, 3.05) is 0 Å². The summed E-state index contributed by atoms with van der Waals surface area (Å²) in [7, 11) is -4.91. The van der Waals surface area contributed by atoms with Gasteiger partial charge >= 0.3 is 7.60 Å². The molecule has 0 spiro atoms. The van der Waals surface area contributed by atoms with E-state index in [2.05, 4.69) is 0 Å². The molecule has 0 aromatic carbocycles. The van der Waals surface area contributed by atoms with Crippen LogP contribution >= 0.6 is 7.60 Å². The van der Waals surface area contributed by atoms with Gasteiger partial charge in [-0.2, -0.15) is 0 Å². The lowest BCUT2D eigenvalue weighted by Crippen LogP contribution is -1.90. The van der Waals surface area contributed by atoms with Crippen molar-refractivity contribution < 1.29 is 14.4 Å². The second-order valence-electron chi connectivity index (χ2n) is 2.33. The van der Waals surface area contributed by atoms with Crippen molar-refractivity contribution >= 4 is 28.2 Å². The predicted octanol–water partition coefficient (Wildman–Crippen LogP) is 1.39. The Kier molecular flexibility index (Phi) is 3.01. The molecule has 3 nitrogen and oxygen atoms in total. The van der Waals surface area contributed by atoms with Crippen molar-refractivity contribution in [3.05, 3.63) is 21.7 Å². The van der Waals surface area contributed by atoms with Gasteiger partial charge in [-0.1, -0.05) is 22.5 Å². The lowest BCUT2D eigenvalue weighted by Gasteiger charge is -2.07. The van der Waals surface area contributed by atoms with E-state index >= 15 is 0 Å². The van der Waals surface area contributed by atoms with Crippen LogP contribution in [0.1, 0.15) is 13.3 Å². The Labute approximate surface area is 77.9 Å². The van der Waals surface area contributed by atoms with E-state index in [0.717, 1.165) is 0 Å². The minimum Gasteiger partial charge on any atom is -0.321 e. The smallest absolute Gasteiger partial charge is 0.321 e. The van der Waals surface area contributed by atoms with E-state index in [4.69, 9.17) is 21.0 Å². The molecule has 0 saturated carbocycles. The van der Waals surface area contributed by atoms with Crippen LogP contribution in [0.25, 0.3) is 0 Å². The van der Waals surface area contributed by atoms with E-state index in [0.29, 0.717) is 12.0 Å². The zero-order valence-corrected chi connectivity index (χ0v) is 8.96. The third-order valence-corrected chi connectivity index (χ3v) is 5.85. The molecule has 6 heteroatoms. The van der Waals surface area contributed by atoms with Gasteiger partial charge in [-0.25, -0.2) is 0 Å². The first-order valence-electron chi connectivity index (χ1n) is 3.35. The summed E-state index contributed by atoms with van der Waals surface area (Å²) in [6, 6.07) is 0. The first-order valence-corrected chi connectivity index (χ1v) is 7.17. The molecule has 1 atom stereocenters. The molecule has 1 rings (SSSR count). The summed E-state index contributed by atoms with van der Waals surface area (Å²) < 4.78 is 11.1. The van der Waals surface area contributed by atoms with Crippen molar-refractivity contribution in [3.63, 3.8) is 0 Å². The lowest BCUT2D eigenvalue weighted by molar-refractivity contribution is 0.384. The first-order chi connectivity index (χ1) is 5.46. The minimum atomic E-state index is -4.12. The minimum absolute atomic E-state index is 0.139. The zero-order valence-electron chi connectivity index (χ0n) is 6.43. The summed E-state index contributed by atoms with van der Waals surface area (Å²) in [6.45, 7) is 1.85. The Morgan fingerprint density at radius 2 is 2.25 bits per heavy atom. The van der Waals surface area contributed by atoms with Crippen molar-refractivity contribution in [2.45, 2.75) is 13.3 Å². The van der Waals surface area contributed by atoms with E-state index in [9.17, 15) is 4.57 Å². The number of hydrogen-bond donors (Lipinski definition) is 2. The van der Waals surface area contributed by atoms with Crippen LogP contribution < -0.4 is 0 Å². The average Bonchev–Trinajstić information content (AvgIpc) is 2.29. The highest BCUT2D eigenvalue weighted by Crippen LogP contribution is 2.51. The van der Waals surface area contributed by atoms with E-state index in [1.165, 1.54) is 0 Å². The summed E-state index contributed by atoms with van der Waals surface area (Å²) in [4.78, 5) is 17.9. The fourth-order valence-corrected chi connectivity index (χ4v) is 4.96. The first kappa shape index (κ1) is 10.3. The molecule has 12 heavy (non-hydrogen) atoms. The van der Waals surface area contributed by atoms with Crippen molar-refractivity contribution in [1.29, 1.82) is 0 Å². The summed E-state index contributed by atoms with van der Waals surface area (Å²) >= 11 is 4.91. The van der Waals surface area contributed by atoms with Crippen LogP contribution in [0.2, 0.25) is 0 Å². The van der Waals surface area contributed by atoms with Crippen LogP contribution in [0.15, 0.2) is 21.7 Å². The molecule has 0 aromatic heterocycles. The number of hydrogen-bond acceptors (Lipinski definition) is 2. The molecule has 0 fully saturated rings. The molecule has 68 valence electrons. The van der Waals surface area contributed by atoms with Gasteiger partial charge in [-0.15, -0.1) is 0 Å². The molecular formula is C6H9O3PS2. The van der Waals surface area contributed by atoms with Crippen molar-refractivity contribution in [3.8, 4) is 0 Å². The van der Waals surface area contributed by atoms with Gasteiger partial charge in [0.25, 0.3) is 0 Å². The summed E-state index contributed by atoms with van der Waals surface area (Å²) in [5.41, 5.74) is 0.696. The summed E-state index contributed by atoms with van der Waals surface area (Å²) in [6.07, 6.45) is 2.33. The third-order valence-electron chi connectivity index (χ3n) is 1.50. The molecule has 1 aliphatic heterocycles. The molecule has 0 radical (unpaired) electrons. The Balaban J connectivity index is 3.19. The number of allylic oxidation sites excluding steroid dienone is 2. The molecule has 0 aromatic rings. The standard InChI is InChI=1S/C6H9O3PS2/c1-2-5-3-4-12(11)6(5)10(7,8)9/h3-4H,2H2,1H3,(H2,7,8,9). The Bertz CT molecular complexity index is 326. The van der Waals surface area contributed by atoms with Crippen LogP contribution in [0, 0.1) is 0 Å². The average molecular weight is 224 g/mol. The van der Waals surface area contributed by atoms with E-state index in [-0.39, 0.29) is 4.65 Å². The molecule has 1 unspecified atom stereocenters. The monoisotopic (exact) mass is 224 g/mol. The lowest BCUT2D eigenvalue weighted by atomic mass is 10.2. The fourth-order valence-electron chi connectivity index (χ4n) is 0.982. The molecule has 0 amide bonds. The highest BCUT2D eigenvalue weighted by Gasteiger charge is 2.28. The third kappa shape index (κ3) is 1.92. The quantitative estimate of drug-likeness (QED) is 0.696. The largest absolute Gasteiger partial charge is 0.363 e. The Morgan fingerprint density at radius 3 is 2.58 bits per heavy atom. The predicted molar refractivity (Wildman–Crippen MR) is 53.2 cm³/mol. The van der Waals surface area contributed by atoms with E-state index in [1.54, 1.807) is 11.5 Å². The van der Waals surface area contributed by atoms with Crippen molar-refractivity contribution in [1.82, 2.24) is 0 Å². The van der Waals surface area contributed by atoms with E-state index in [1.807, 2.05) is 6.92 Å². The van der Waals surface area contributed by atoms with Crippen molar-refractivity contribution in [2.24, 2.45) is 0 Å². The highest BCUT2D eigenvalue weighted by molar-refractivity contribution is 8.35. The van der Waals surface area contributed by atoms with Gasteiger partial charge < -0.3 is 9.79 Å². The summed E-state index contributed by atoms with van der Waals surface area (Å²) in [5.74, 6) is 0. The fraction of sp³-hybridized carbons (Fsp3) is 0.333. The normalized spacial score (nSPS) is 23.8. The zero-order chi connectivity index (χ0) is 9.35.